The van der Waals surface area contributed by atoms with Gasteiger partial charge in [-0.3, -0.25) is 4.99 Å². The molecule has 3 atom stereocenters. The molecular formula is C20H30N6O5. The number of benzene rings is 1. The molecule has 0 bridgehead atoms. The van der Waals surface area contributed by atoms with Crippen LogP contribution in [0.3, 0.4) is 0 Å². The molecule has 1 aromatic rings. The molecule has 9 N–H and O–H groups in total. The van der Waals surface area contributed by atoms with Crippen LogP contribution in [0.4, 0.5) is 0 Å². The second-order valence-corrected chi connectivity index (χ2v) is 7.32. The molecule has 0 spiro atoms. The quantitative estimate of drug-likeness (QED) is 0.0733. The lowest BCUT2D eigenvalue weighted by atomic mass is 10.1. The van der Waals surface area contributed by atoms with Crippen LogP contribution in [0.5, 0.6) is 5.75 Å². The molecule has 11 heteroatoms. The summed E-state index contributed by atoms with van der Waals surface area (Å²) in [5.74, 6) is -1.65. The van der Waals surface area contributed by atoms with Gasteiger partial charge in [-0.25, -0.2) is 14.4 Å². The summed E-state index contributed by atoms with van der Waals surface area (Å²) in [6, 6.07) is 4.24. The maximum atomic E-state index is 12.1. The van der Waals surface area contributed by atoms with Crippen LogP contribution in [0.15, 0.2) is 29.3 Å². The zero-order valence-corrected chi connectivity index (χ0v) is 17.3. The van der Waals surface area contributed by atoms with E-state index in [0.29, 0.717) is 31.6 Å². The average Bonchev–Trinajstić information content (AvgIpc) is 3.27. The van der Waals surface area contributed by atoms with Crippen LogP contribution in [-0.2, 0) is 25.5 Å². The monoisotopic (exact) mass is 434 g/mol. The first-order valence-corrected chi connectivity index (χ1v) is 10.1. The summed E-state index contributed by atoms with van der Waals surface area (Å²) >= 11 is 0. The molecule has 0 aliphatic carbocycles. The van der Waals surface area contributed by atoms with Gasteiger partial charge >= 0.3 is 17.9 Å². The van der Waals surface area contributed by atoms with Crippen molar-refractivity contribution in [2.45, 2.75) is 50.2 Å². The van der Waals surface area contributed by atoms with E-state index in [0.717, 1.165) is 18.5 Å². The lowest BCUT2D eigenvalue weighted by Crippen LogP contribution is -2.40. The SMILES string of the molecule is NC(N)=NCCC[C@H](N)C(=O)Oc1ccc(C[C@H](N)C(=O)OC(=O)[C@@H]2CCCN2)cc1. The van der Waals surface area contributed by atoms with Gasteiger partial charge in [-0.05, 0) is 56.3 Å². The second kappa shape index (κ2) is 12.0. The number of carbonyl (C=O) groups is 3. The molecule has 1 aliphatic rings. The summed E-state index contributed by atoms with van der Waals surface area (Å²) in [6.07, 6.45) is 2.59. The Balaban J connectivity index is 1.77. The highest BCUT2D eigenvalue weighted by molar-refractivity contribution is 5.91. The molecule has 0 saturated carbocycles. The van der Waals surface area contributed by atoms with Crippen molar-refractivity contribution in [3.63, 3.8) is 0 Å². The predicted octanol–water partition coefficient (Wildman–Crippen LogP) is -1.34. The molecule has 170 valence electrons. The van der Waals surface area contributed by atoms with Crippen LogP contribution in [0, 0.1) is 0 Å². The summed E-state index contributed by atoms with van der Waals surface area (Å²) in [5, 5.41) is 2.96. The first-order valence-electron chi connectivity index (χ1n) is 10.1. The number of nitrogens with two attached hydrogens (primary N) is 4. The fraction of sp³-hybridized carbons (Fsp3) is 0.500. The zero-order valence-electron chi connectivity index (χ0n) is 17.3. The lowest BCUT2D eigenvalue weighted by molar-refractivity contribution is -0.161. The fourth-order valence-electron chi connectivity index (χ4n) is 2.99. The third-order valence-electron chi connectivity index (χ3n) is 4.72. The molecule has 0 unspecified atom stereocenters. The van der Waals surface area contributed by atoms with Gasteiger partial charge in [0.05, 0.1) is 0 Å². The lowest BCUT2D eigenvalue weighted by Gasteiger charge is -2.14. The minimum atomic E-state index is -0.989. The number of ether oxygens (including phenoxy) is 2. The number of esters is 3. The van der Waals surface area contributed by atoms with Gasteiger partial charge in [-0.1, -0.05) is 12.1 Å². The minimum Gasteiger partial charge on any atom is -0.425 e. The van der Waals surface area contributed by atoms with E-state index in [1.165, 1.54) is 0 Å². The van der Waals surface area contributed by atoms with Crippen molar-refractivity contribution in [3.8, 4) is 5.75 Å². The Morgan fingerprint density at radius 1 is 1.10 bits per heavy atom. The molecule has 0 amide bonds. The van der Waals surface area contributed by atoms with E-state index in [1.54, 1.807) is 24.3 Å². The van der Waals surface area contributed by atoms with E-state index in [1.807, 2.05) is 0 Å². The molecule has 1 heterocycles. The zero-order chi connectivity index (χ0) is 22.8. The summed E-state index contributed by atoms with van der Waals surface area (Å²) in [5.41, 5.74) is 22.8. The number of carbonyl (C=O) groups excluding carboxylic acids is 3. The van der Waals surface area contributed by atoms with Crippen LogP contribution >= 0.6 is 0 Å². The Hall–Kier alpha value is -3.02. The summed E-state index contributed by atoms with van der Waals surface area (Å²) in [7, 11) is 0. The fourth-order valence-corrected chi connectivity index (χ4v) is 2.99. The first kappa shape index (κ1) is 24.3. The molecule has 31 heavy (non-hydrogen) atoms. The molecule has 2 rings (SSSR count). The number of nitrogens with one attached hydrogen (secondary N) is 1. The highest BCUT2D eigenvalue weighted by atomic mass is 16.6. The predicted molar refractivity (Wildman–Crippen MR) is 114 cm³/mol. The highest BCUT2D eigenvalue weighted by Crippen LogP contribution is 2.15. The van der Waals surface area contributed by atoms with Crippen LogP contribution < -0.4 is 33.0 Å². The normalized spacial score (nSPS) is 17.4. The van der Waals surface area contributed by atoms with Gasteiger partial charge in [-0.15, -0.1) is 0 Å². The van der Waals surface area contributed by atoms with Gasteiger partial charge in [0.15, 0.2) is 5.96 Å². The Kier molecular flexibility index (Phi) is 9.38. The largest absolute Gasteiger partial charge is 0.425 e. The van der Waals surface area contributed by atoms with Gasteiger partial charge in [0.2, 0.25) is 0 Å². The molecule has 11 nitrogen and oxygen atoms in total. The molecule has 1 aromatic carbocycles. The van der Waals surface area contributed by atoms with Crippen molar-refractivity contribution in [1.29, 1.82) is 0 Å². The molecule has 0 aromatic heterocycles. The van der Waals surface area contributed by atoms with Crippen molar-refractivity contribution in [1.82, 2.24) is 5.32 Å². The van der Waals surface area contributed by atoms with E-state index in [9.17, 15) is 14.4 Å². The summed E-state index contributed by atoms with van der Waals surface area (Å²) < 4.78 is 10.1. The first-order chi connectivity index (χ1) is 14.8. The second-order valence-electron chi connectivity index (χ2n) is 7.32. The molecule has 1 fully saturated rings. The number of hydrogen-bond acceptors (Lipinski definition) is 9. The van der Waals surface area contributed by atoms with Crippen molar-refractivity contribution < 1.29 is 23.9 Å². The van der Waals surface area contributed by atoms with Crippen molar-refractivity contribution in [2.24, 2.45) is 27.9 Å². The Bertz CT molecular complexity index is 788. The number of guanidine groups is 1. The van der Waals surface area contributed by atoms with Crippen LogP contribution in [-0.4, -0.2) is 55.1 Å². The molecule has 1 saturated heterocycles. The van der Waals surface area contributed by atoms with E-state index in [-0.39, 0.29) is 12.4 Å². The van der Waals surface area contributed by atoms with Crippen LogP contribution in [0.2, 0.25) is 0 Å². The maximum Gasteiger partial charge on any atom is 0.330 e. The van der Waals surface area contributed by atoms with Crippen LogP contribution in [0.1, 0.15) is 31.2 Å². The van der Waals surface area contributed by atoms with E-state index < -0.39 is 36.0 Å². The summed E-state index contributed by atoms with van der Waals surface area (Å²) in [4.78, 5) is 39.8. The van der Waals surface area contributed by atoms with Crippen molar-refractivity contribution in [3.05, 3.63) is 29.8 Å². The number of nitrogens with zero attached hydrogens (tertiary/aromatic N) is 1. The maximum absolute atomic E-state index is 12.1. The van der Waals surface area contributed by atoms with E-state index in [4.69, 9.17) is 32.4 Å². The number of aliphatic imine (C=N–C) groups is 1. The van der Waals surface area contributed by atoms with Crippen molar-refractivity contribution in [2.75, 3.05) is 13.1 Å². The topological polar surface area (TPSA) is 198 Å². The summed E-state index contributed by atoms with van der Waals surface area (Å²) in [6.45, 7) is 1.10. The molecule has 0 radical (unpaired) electrons. The Morgan fingerprint density at radius 3 is 2.42 bits per heavy atom. The minimum absolute atomic E-state index is 0.0124. The third kappa shape index (κ3) is 8.32. The standard InChI is InChI=1S/C20H30N6O5/c21-14(3-1-10-26-20(23)24)17(27)30-13-7-5-12(6-8-13)11-15(22)18(28)31-19(29)16-4-2-9-25-16/h5-8,14-16,25H,1-4,9-11,21-22H2,(H4,23,24,26)/t14-,15-,16-/m0/s1. The van der Waals surface area contributed by atoms with Gasteiger partial charge in [-0.2, -0.15) is 0 Å². The van der Waals surface area contributed by atoms with Crippen molar-refractivity contribution >= 4 is 23.9 Å². The smallest absolute Gasteiger partial charge is 0.330 e. The third-order valence-corrected chi connectivity index (χ3v) is 4.72. The van der Waals surface area contributed by atoms with Gasteiger partial charge < -0.3 is 37.7 Å². The van der Waals surface area contributed by atoms with Gasteiger partial charge in [0.1, 0.15) is 23.9 Å². The van der Waals surface area contributed by atoms with E-state index >= 15 is 0 Å². The Labute approximate surface area is 180 Å². The number of hydrogen-bond donors (Lipinski definition) is 5. The molecular weight excluding hydrogens is 404 g/mol. The van der Waals surface area contributed by atoms with Crippen LogP contribution in [0.25, 0.3) is 0 Å². The van der Waals surface area contributed by atoms with E-state index in [2.05, 4.69) is 10.3 Å². The number of rotatable bonds is 10. The average molecular weight is 434 g/mol. The van der Waals surface area contributed by atoms with Gasteiger partial charge in [0.25, 0.3) is 0 Å². The molecule has 1 aliphatic heterocycles. The Morgan fingerprint density at radius 2 is 1.81 bits per heavy atom. The highest BCUT2D eigenvalue weighted by Gasteiger charge is 2.27. The van der Waals surface area contributed by atoms with Gasteiger partial charge in [0, 0.05) is 6.54 Å².